The van der Waals surface area contributed by atoms with E-state index in [0.29, 0.717) is 0 Å². The summed E-state index contributed by atoms with van der Waals surface area (Å²) in [6, 6.07) is 76.5. The van der Waals surface area contributed by atoms with Crippen molar-refractivity contribution in [3.05, 3.63) is 212 Å². The number of hydrogen-bond donors (Lipinski definition) is 0. The average Bonchev–Trinajstić information content (AvgIpc) is 3.27. The minimum atomic E-state index is 0.956. The van der Waals surface area contributed by atoms with Gasteiger partial charge in [-0.05, 0) is 95.0 Å². The highest BCUT2D eigenvalue weighted by molar-refractivity contribution is 6.25. The van der Waals surface area contributed by atoms with Crippen LogP contribution in [0.3, 0.4) is 0 Å². The van der Waals surface area contributed by atoms with Gasteiger partial charge in [0.25, 0.3) is 0 Å². The van der Waals surface area contributed by atoms with Crippen LogP contribution < -0.4 is 0 Å². The molecule has 0 radical (unpaired) electrons. The van der Waals surface area contributed by atoms with E-state index in [1.165, 1.54) is 71.3 Å². The lowest BCUT2D eigenvalue weighted by molar-refractivity contribution is 1.32. The Hall–Kier alpha value is -7.09. The number of fused-ring (bicyclic) bond motifs is 6. The van der Waals surface area contributed by atoms with E-state index in [4.69, 9.17) is 4.98 Å². The Morgan fingerprint density at radius 2 is 0.537 bits per heavy atom. The molecule has 0 saturated carbocycles. The maximum absolute atomic E-state index is 5.17. The number of benzene rings is 9. The van der Waals surface area contributed by atoms with Crippen molar-refractivity contribution in [3.8, 4) is 67.0 Å². The second-order valence-electron chi connectivity index (χ2n) is 13.8. The molecule has 0 saturated heterocycles. The molecule has 9 aromatic carbocycles. The van der Waals surface area contributed by atoms with Crippen molar-refractivity contribution in [2.75, 3.05) is 0 Å². The zero-order valence-electron chi connectivity index (χ0n) is 29.7. The van der Waals surface area contributed by atoms with Gasteiger partial charge in [0.2, 0.25) is 0 Å². The standard InChI is InChI=1S/C53H35N/c1-3-17-36(18-4-1)52-34-39(35-53(54-52)37-19-5-2-6-20-37)41-22-8-10-24-43(41)45-26-12-11-25-44(45)42-23-9-7-21-40(42)38-31-32-50-48-29-14-13-27-46(48)47-28-15-16-30-49(47)51(50)33-38/h1-35H. The summed E-state index contributed by atoms with van der Waals surface area (Å²) < 4.78 is 0. The maximum Gasteiger partial charge on any atom is 0.0715 e. The lowest BCUT2D eigenvalue weighted by Gasteiger charge is -2.18. The molecule has 1 aromatic heterocycles. The average molecular weight is 686 g/mol. The normalized spacial score (nSPS) is 11.3. The zero-order chi connectivity index (χ0) is 35.8. The Bertz CT molecular complexity index is 2890. The van der Waals surface area contributed by atoms with Crippen molar-refractivity contribution < 1.29 is 0 Å². The van der Waals surface area contributed by atoms with Crippen LogP contribution >= 0.6 is 0 Å². The summed E-state index contributed by atoms with van der Waals surface area (Å²) in [5.41, 5.74) is 13.6. The highest BCUT2D eigenvalue weighted by Crippen LogP contribution is 2.44. The summed E-state index contributed by atoms with van der Waals surface area (Å²) >= 11 is 0. The van der Waals surface area contributed by atoms with E-state index in [9.17, 15) is 0 Å². The first-order chi connectivity index (χ1) is 26.8. The smallest absolute Gasteiger partial charge is 0.0715 e. The molecule has 252 valence electrons. The number of nitrogens with zero attached hydrogens (tertiary/aromatic N) is 1. The molecule has 0 bridgehead atoms. The van der Waals surface area contributed by atoms with Gasteiger partial charge in [-0.1, -0.05) is 194 Å². The molecule has 0 N–H and O–H groups in total. The highest BCUT2D eigenvalue weighted by Gasteiger charge is 2.18. The molecule has 0 atom stereocenters. The Morgan fingerprint density at radius 3 is 1.00 bits per heavy atom. The van der Waals surface area contributed by atoms with Gasteiger partial charge in [-0.15, -0.1) is 0 Å². The monoisotopic (exact) mass is 685 g/mol. The Balaban J connectivity index is 1.15. The quantitative estimate of drug-likeness (QED) is 0.159. The van der Waals surface area contributed by atoms with Crippen molar-refractivity contribution >= 4 is 32.3 Å². The topological polar surface area (TPSA) is 12.9 Å². The molecule has 0 unspecified atom stereocenters. The SMILES string of the molecule is c1ccc(-c2cc(-c3ccccc3-c3ccccc3-c3ccccc3-c3ccc4c5ccccc5c5ccccc5c4c3)cc(-c3ccccc3)n2)cc1. The number of rotatable bonds is 6. The van der Waals surface area contributed by atoms with Gasteiger partial charge >= 0.3 is 0 Å². The Kier molecular flexibility index (Phi) is 7.89. The third kappa shape index (κ3) is 5.55. The first-order valence-corrected chi connectivity index (χ1v) is 18.5. The van der Waals surface area contributed by atoms with Crippen LogP contribution in [0.25, 0.3) is 99.3 Å². The van der Waals surface area contributed by atoms with Crippen molar-refractivity contribution in [1.29, 1.82) is 0 Å². The van der Waals surface area contributed by atoms with E-state index >= 15 is 0 Å². The molecule has 1 heterocycles. The van der Waals surface area contributed by atoms with Crippen molar-refractivity contribution in [3.63, 3.8) is 0 Å². The van der Waals surface area contributed by atoms with Crippen LogP contribution in [0.4, 0.5) is 0 Å². The van der Waals surface area contributed by atoms with Crippen LogP contribution in [-0.4, -0.2) is 4.98 Å². The summed E-state index contributed by atoms with van der Waals surface area (Å²) in [6.45, 7) is 0. The first kappa shape index (κ1) is 31.6. The second kappa shape index (κ2) is 13.5. The van der Waals surface area contributed by atoms with Gasteiger partial charge in [0, 0.05) is 11.1 Å². The molecule has 1 nitrogen and oxygen atoms in total. The van der Waals surface area contributed by atoms with Crippen LogP contribution in [0.1, 0.15) is 0 Å². The van der Waals surface area contributed by atoms with Crippen LogP contribution in [0.5, 0.6) is 0 Å². The van der Waals surface area contributed by atoms with Gasteiger partial charge in [-0.2, -0.15) is 0 Å². The molecule has 0 fully saturated rings. The summed E-state index contributed by atoms with van der Waals surface area (Å²) in [5.74, 6) is 0. The van der Waals surface area contributed by atoms with Gasteiger partial charge in [-0.3, -0.25) is 0 Å². The van der Waals surface area contributed by atoms with Gasteiger partial charge < -0.3 is 0 Å². The van der Waals surface area contributed by atoms with Gasteiger partial charge in [-0.25, -0.2) is 4.98 Å². The predicted octanol–water partition coefficient (Wildman–Crippen LogP) is 14.5. The fraction of sp³-hybridized carbons (Fsp3) is 0. The minimum absolute atomic E-state index is 0.956. The number of hydrogen-bond acceptors (Lipinski definition) is 1. The molecular weight excluding hydrogens is 651 g/mol. The van der Waals surface area contributed by atoms with Crippen molar-refractivity contribution in [2.45, 2.75) is 0 Å². The molecule has 10 rings (SSSR count). The van der Waals surface area contributed by atoms with E-state index in [-0.39, 0.29) is 0 Å². The second-order valence-corrected chi connectivity index (χ2v) is 13.8. The van der Waals surface area contributed by atoms with Gasteiger partial charge in [0.05, 0.1) is 11.4 Å². The molecule has 10 aromatic rings. The van der Waals surface area contributed by atoms with Crippen LogP contribution in [0, 0.1) is 0 Å². The first-order valence-electron chi connectivity index (χ1n) is 18.5. The third-order valence-corrected chi connectivity index (χ3v) is 10.7. The van der Waals surface area contributed by atoms with Crippen molar-refractivity contribution in [2.24, 2.45) is 0 Å². The zero-order valence-corrected chi connectivity index (χ0v) is 29.7. The molecule has 0 amide bonds. The summed E-state index contributed by atoms with van der Waals surface area (Å²) in [7, 11) is 0. The summed E-state index contributed by atoms with van der Waals surface area (Å²) in [5, 5.41) is 7.70. The van der Waals surface area contributed by atoms with E-state index in [0.717, 1.165) is 28.1 Å². The molecule has 0 aliphatic rings. The lowest BCUT2D eigenvalue weighted by Crippen LogP contribution is -1.94. The van der Waals surface area contributed by atoms with Crippen molar-refractivity contribution in [1.82, 2.24) is 4.98 Å². The fourth-order valence-corrected chi connectivity index (χ4v) is 8.17. The lowest BCUT2D eigenvalue weighted by atomic mass is 9.85. The predicted molar refractivity (Wildman–Crippen MR) is 229 cm³/mol. The van der Waals surface area contributed by atoms with E-state index in [1.54, 1.807) is 0 Å². The Labute approximate surface area is 315 Å². The molecule has 1 heteroatoms. The molecule has 54 heavy (non-hydrogen) atoms. The third-order valence-electron chi connectivity index (χ3n) is 10.7. The van der Waals surface area contributed by atoms with Crippen LogP contribution in [-0.2, 0) is 0 Å². The van der Waals surface area contributed by atoms with Crippen LogP contribution in [0.15, 0.2) is 212 Å². The largest absolute Gasteiger partial charge is 0.248 e. The number of pyridine rings is 1. The molecular formula is C53H35N. The number of aromatic nitrogens is 1. The van der Waals surface area contributed by atoms with Crippen LogP contribution in [0.2, 0.25) is 0 Å². The Morgan fingerprint density at radius 1 is 0.204 bits per heavy atom. The molecule has 0 aliphatic heterocycles. The van der Waals surface area contributed by atoms with E-state index in [1.807, 2.05) is 0 Å². The highest BCUT2D eigenvalue weighted by atomic mass is 14.7. The fourth-order valence-electron chi connectivity index (χ4n) is 8.17. The van der Waals surface area contributed by atoms with E-state index < -0.39 is 0 Å². The molecule has 0 spiro atoms. The van der Waals surface area contributed by atoms with Gasteiger partial charge in [0.15, 0.2) is 0 Å². The van der Waals surface area contributed by atoms with Gasteiger partial charge in [0.1, 0.15) is 0 Å². The minimum Gasteiger partial charge on any atom is -0.248 e. The van der Waals surface area contributed by atoms with E-state index in [2.05, 4.69) is 212 Å². The molecule has 0 aliphatic carbocycles. The maximum atomic E-state index is 5.17. The summed E-state index contributed by atoms with van der Waals surface area (Å²) in [4.78, 5) is 5.17. The summed E-state index contributed by atoms with van der Waals surface area (Å²) in [6.07, 6.45) is 0.